The van der Waals surface area contributed by atoms with Gasteiger partial charge in [-0.25, -0.2) is 0 Å². The lowest BCUT2D eigenvalue weighted by Gasteiger charge is -2.10. The SMILES string of the molecule is O=C(NCc1ccc(Cl)s1)c1cc2ccccc2c2cccnc12. The molecule has 2 heterocycles. The maximum Gasteiger partial charge on any atom is 0.253 e. The van der Waals surface area contributed by atoms with Crippen LogP contribution in [0.4, 0.5) is 0 Å². The van der Waals surface area contributed by atoms with E-state index < -0.39 is 0 Å². The fraction of sp³-hybridized carbons (Fsp3) is 0.0526. The van der Waals surface area contributed by atoms with Gasteiger partial charge in [0, 0.05) is 16.5 Å². The largest absolute Gasteiger partial charge is 0.347 e. The minimum Gasteiger partial charge on any atom is -0.347 e. The van der Waals surface area contributed by atoms with E-state index in [0.29, 0.717) is 12.1 Å². The van der Waals surface area contributed by atoms with Gasteiger partial charge in [-0.1, -0.05) is 41.9 Å². The van der Waals surface area contributed by atoms with Gasteiger partial charge in [-0.2, -0.15) is 0 Å². The Bertz CT molecular complexity index is 1060. The van der Waals surface area contributed by atoms with E-state index in [-0.39, 0.29) is 5.91 Å². The van der Waals surface area contributed by atoms with Gasteiger partial charge in [0.1, 0.15) is 0 Å². The van der Waals surface area contributed by atoms with Crippen molar-refractivity contribution in [1.29, 1.82) is 0 Å². The Morgan fingerprint density at radius 1 is 1.08 bits per heavy atom. The van der Waals surface area contributed by atoms with E-state index in [1.54, 1.807) is 6.20 Å². The molecule has 4 rings (SSSR count). The summed E-state index contributed by atoms with van der Waals surface area (Å²) in [6.07, 6.45) is 1.72. The van der Waals surface area contributed by atoms with Crippen molar-refractivity contribution < 1.29 is 4.79 Å². The maximum atomic E-state index is 12.7. The zero-order chi connectivity index (χ0) is 16.5. The maximum absolute atomic E-state index is 12.7. The molecule has 0 fully saturated rings. The molecule has 0 saturated heterocycles. The number of rotatable bonds is 3. The molecule has 24 heavy (non-hydrogen) atoms. The quantitative estimate of drug-likeness (QED) is 0.525. The summed E-state index contributed by atoms with van der Waals surface area (Å²) >= 11 is 7.40. The van der Waals surface area contributed by atoms with Crippen LogP contribution in [0.1, 0.15) is 15.2 Å². The van der Waals surface area contributed by atoms with Crippen molar-refractivity contribution in [2.75, 3.05) is 0 Å². The molecular formula is C19H13ClN2OS. The predicted octanol–water partition coefficient (Wildman–Crippen LogP) is 5.03. The summed E-state index contributed by atoms with van der Waals surface area (Å²) in [5.74, 6) is -0.131. The number of benzene rings is 2. The monoisotopic (exact) mass is 352 g/mol. The number of halogens is 1. The molecule has 0 bridgehead atoms. The standard InChI is InChI=1S/C19H13ClN2OS/c20-17-8-7-13(24-17)11-22-19(23)16-10-12-4-1-2-5-14(12)15-6-3-9-21-18(15)16/h1-10H,11H2,(H,22,23). The summed E-state index contributed by atoms with van der Waals surface area (Å²) in [6.45, 7) is 0.456. The molecule has 5 heteroatoms. The van der Waals surface area contributed by atoms with Crippen molar-refractivity contribution in [2.24, 2.45) is 0 Å². The smallest absolute Gasteiger partial charge is 0.253 e. The van der Waals surface area contributed by atoms with E-state index >= 15 is 0 Å². The number of nitrogens with zero attached hydrogens (tertiary/aromatic N) is 1. The second kappa shape index (κ2) is 6.23. The summed E-state index contributed by atoms with van der Waals surface area (Å²) in [4.78, 5) is 18.2. The highest BCUT2D eigenvalue weighted by Gasteiger charge is 2.14. The van der Waals surface area contributed by atoms with Crippen LogP contribution in [0.2, 0.25) is 4.34 Å². The molecule has 118 valence electrons. The Labute approximate surface area is 147 Å². The number of amides is 1. The number of hydrogen-bond donors (Lipinski definition) is 1. The number of carbonyl (C=O) groups excluding carboxylic acids is 1. The third-order valence-corrected chi connectivity index (χ3v) is 5.14. The highest BCUT2D eigenvalue weighted by Crippen LogP contribution is 2.27. The van der Waals surface area contributed by atoms with Crippen molar-refractivity contribution in [3.63, 3.8) is 0 Å². The molecule has 0 atom stereocenters. The molecule has 4 aromatic rings. The Hall–Kier alpha value is -2.43. The number of carbonyl (C=O) groups is 1. The number of fused-ring (bicyclic) bond motifs is 3. The first kappa shape index (κ1) is 15.1. The van der Waals surface area contributed by atoms with Gasteiger partial charge >= 0.3 is 0 Å². The summed E-state index contributed by atoms with van der Waals surface area (Å²) in [5.41, 5.74) is 1.31. The van der Waals surface area contributed by atoms with Crippen LogP contribution in [-0.4, -0.2) is 10.9 Å². The molecular weight excluding hydrogens is 340 g/mol. The van der Waals surface area contributed by atoms with Crippen LogP contribution in [0.3, 0.4) is 0 Å². The van der Waals surface area contributed by atoms with Gasteiger partial charge in [0.05, 0.1) is 22.0 Å². The van der Waals surface area contributed by atoms with Crippen molar-refractivity contribution in [3.8, 4) is 0 Å². The zero-order valence-electron chi connectivity index (χ0n) is 12.6. The van der Waals surface area contributed by atoms with E-state index in [1.165, 1.54) is 11.3 Å². The molecule has 0 saturated carbocycles. The van der Waals surface area contributed by atoms with E-state index in [9.17, 15) is 4.79 Å². The van der Waals surface area contributed by atoms with Crippen molar-refractivity contribution in [3.05, 3.63) is 75.6 Å². The number of hydrogen-bond acceptors (Lipinski definition) is 3. The highest BCUT2D eigenvalue weighted by atomic mass is 35.5. The fourth-order valence-electron chi connectivity index (χ4n) is 2.81. The Kier molecular flexibility index (Phi) is 3.92. The van der Waals surface area contributed by atoms with Gasteiger partial charge in [-0.15, -0.1) is 11.3 Å². The molecule has 1 amide bonds. The van der Waals surface area contributed by atoms with Crippen molar-refractivity contribution >= 4 is 50.5 Å². The third-order valence-electron chi connectivity index (χ3n) is 3.91. The van der Waals surface area contributed by atoms with Crippen molar-refractivity contribution in [1.82, 2.24) is 10.3 Å². The van der Waals surface area contributed by atoms with Gasteiger partial charge in [0.15, 0.2) is 0 Å². The van der Waals surface area contributed by atoms with Crippen LogP contribution in [0.5, 0.6) is 0 Å². The summed E-state index contributed by atoms with van der Waals surface area (Å²) < 4.78 is 0.720. The molecule has 2 aromatic carbocycles. The van der Waals surface area contributed by atoms with Crippen LogP contribution < -0.4 is 5.32 Å². The van der Waals surface area contributed by atoms with Crippen LogP contribution in [-0.2, 0) is 6.54 Å². The first-order valence-electron chi connectivity index (χ1n) is 7.51. The van der Waals surface area contributed by atoms with Gasteiger partial charge in [0.2, 0.25) is 0 Å². The summed E-state index contributed by atoms with van der Waals surface area (Å²) in [5, 5.41) is 6.07. The molecule has 0 unspecified atom stereocenters. The average Bonchev–Trinajstić information content (AvgIpc) is 3.04. The molecule has 0 aliphatic carbocycles. The molecule has 2 aromatic heterocycles. The molecule has 1 N–H and O–H groups in total. The fourth-order valence-corrected chi connectivity index (χ4v) is 3.84. The lowest BCUT2D eigenvalue weighted by Crippen LogP contribution is -2.22. The van der Waals surface area contributed by atoms with Gasteiger partial charge in [-0.05, 0) is 35.0 Å². The second-order valence-corrected chi connectivity index (χ2v) is 7.23. The number of aromatic nitrogens is 1. The van der Waals surface area contributed by atoms with Crippen molar-refractivity contribution in [2.45, 2.75) is 6.54 Å². The number of pyridine rings is 1. The topological polar surface area (TPSA) is 42.0 Å². The Morgan fingerprint density at radius 2 is 1.92 bits per heavy atom. The van der Waals surface area contributed by atoms with Crippen LogP contribution in [0, 0.1) is 0 Å². The Balaban J connectivity index is 1.75. The lowest BCUT2D eigenvalue weighted by atomic mass is 10.0. The van der Waals surface area contributed by atoms with E-state index in [1.807, 2.05) is 48.5 Å². The van der Waals surface area contributed by atoms with E-state index in [0.717, 1.165) is 30.9 Å². The third kappa shape index (κ3) is 2.75. The molecule has 0 radical (unpaired) electrons. The van der Waals surface area contributed by atoms with Crippen LogP contribution >= 0.6 is 22.9 Å². The lowest BCUT2D eigenvalue weighted by molar-refractivity contribution is 0.0953. The summed E-state index contributed by atoms with van der Waals surface area (Å²) in [6, 6.07) is 17.6. The highest BCUT2D eigenvalue weighted by molar-refractivity contribution is 7.16. The van der Waals surface area contributed by atoms with E-state index in [4.69, 9.17) is 11.6 Å². The van der Waals surface area contributed by atoms with Crippen LogP contribution in [0.15, 0.2) is 60.8 Å². The van der Waals surface area contributed by atoms with Gasteiger partial charge in [-0.3, -0.25) is 9.78 Å². The first-order valence-corrected chi connectivity index (χ1v) is 8.71. The first-order chi connectivity index (χ1) is 11.7. The second-order valence-electron chi connectivity index (χ2n) is 5.43. The minimum atomic E-state index is -0.131. The molecule has 0 aliphatic heterocycles. The number of thiophene rings is 1. The zero-order valence-corrected chi connectivity index (χ0v) is 14.2. The molecule has 3 nitrogen and oxygen atoms in total. The van der Waals surface area contributed by atoms with Crippen LogP contribution in [0.25, 0.3) is 21.7 Å². The van der Waals surface area contributed by atoms with E-state index in [2.05, 4.69) is 16.4 Å². The molecule has 0 aliphatic rings. The normalized spacial score (nSPS) is 11.0. The van der Waals surface area contributed by atoms with Gasteiger partial charge < -0.3 is 5.32 Å². The van der Waals surface area contributed by atoms with Gasteiger partial charge in [0.25, 0.3) is 5.91 Å². The summed E-state index contributed by atoms with van der Waals surface area (Å²) in [7, 11) is 0. The number of nitrogens with one attached hydrogen (secondary N) is 1. The predicted molar refractivity (Wildman–Crippen MR) is 99.7 cm³/mol. The average molecular weight is 353 g/mol. The molecule has 0 spiro atoms. The Morgan fingerprint density at radius 3 is 2.75 bits per heavy atom. The minimum absolute atomic E-state index is 0.131.